The molecule has 4 rings (SSSR count). The Hall–Kier alpha value is -4.31. The number of benzene rings is 1. The summed E-state index contributed by atoms with van der Waals surface area (Å²) in [5.74, 6) is 0. The van der Waals surface area contributed by atoms with E-state index >= 15 is 0 Å². The van der Waals surface area contributed by atoms with Crippen molar-refractivity contribution in [1.29, 1.82) is 5.26 Å². The maximum Gasteiger partial charge on any atom is 0.0985 e. The molecule has 0 aromatic heterocycles. The molecule has 6 nitrogen and oxygen atoms in total. The van der Waals surface area contributed by atoms with Gasteiger partial charge in [-0.2, -0.15) is 5.26 Å². The number of dihydropyridines is 1. The Labute approximate surface area is 274 Å². The summed E-state index contributed by atoms with van der Waals surface area (Å²) in [6.07, 6.45) is 27.9. The van der Waals surface area contributed by atoms with E-state index in [0.717, 1.165) is 59.6 Å². The fourth-order valence-corrected chi connectivity index (χ4v) is 5.99. The topological polar surface area (TPSA) is 75.5 Å². The predicted octanol–water partition coefficient (Wildman–Crippen LogP) is 7.92. The number of aliphatic imine (C=N–C) groups is 1. The zero-order valence-electron chi connectivity index (χ0n) is 26.9. The van der Waals surface area contributed by atoms with Crippen LogP contribution in [0.15, 0.2) is 132 Å². The lowest BCUT2D eigenvalue weighted by Gasteiger charge is -2.41. The Kier molecular flexibility index (Phi) is 11.6. The fraction of sp³-hybridized carbons (Fsp3) is 0.316. The van der Waals surface area contributed by atoms with Crippen molar-refractivity contribution in [1.82, 2.24) is 15.5 Å². The molecule has 0 bridgehead atoms. The monoisotopic (exact) mass is 620 g/mol. The number of allylic oxidation sites excluding steroid dienone is 7. The van der Waals surface area contributed by atoms with Gasteiger partial charge < -0.3 is 20.9 Å². The molecule has 3 unspecified atom stereocenters. The normalized spacial score (nSPS) is 23.0. The molecule has 1 aromatic carbocycles. The van der Waals surface area contributed by atoms with E-state index < -0.39 is 5.41 Å². The molecule has 3 aliphatic rings. The molecule has 0 saturated carbocycles. The number of halogens is 1. The van der Waals surface area contributed by atoms with E-state index in [1.165, 1.54) is 0 Å². The highest BCUT2D eigenvalue weighted by atomic mass is 35.5. The molecule has 45 heavy (non-hydrogen) atoms. The molecule has 0 saturated heterocycles. The van der Waals surface area contributed by atoms with Crippen molar-refractivity contribution >= 4 is 23.0 Å². The minimum absolute atomic E-state index is 0.224. The third-order valence-corrected chi connectivity index (χ3v) is 8.80. The van der Waals surface area contributed by atoms with Crippen molar-refractivity contribution in [2.45, 2.75) is 57.7 Å². The van der Waals surface area contributed by atoms with Crippen LogP contribution in [-0.2, 0) is 6.42 Å². The first-order chi connectivity index (χ1) is 21.7. The van der Waals surface area contributed by atoms with Crippen LogP contribution in [0, 0.1) is 16.7 Å². The van der Waals surface area contributed by atoms with Crippen LogP contribution in [0.4, 0.5) is 5.69 Å². The second-order valence-corrected chi connectivity index (χ2v) is 12.4. The first-order valence-corrected chi connectivity index (χ1v) is 15.9. The number of nitrogens with one attached hydrogen (secondary N) is 3. The molecule has 7 heteroatoms. The maximum absolute atomic E-state index is 10.2. The van der Waals surface area contributed by atoms with E-state index in [-0.39, 0.29) is 12.1 Å². The number of likely N-dealkylation sites (N-methyl/N-ethyl adjacent to an activating group) is 1. The molecule has 0 amide bonds. The highest BCUT2D eigenvalue weighted by Gasteiger charge is 2.43. The summed E-state index contributed by atoms with van der Waals surface area (Å²) < 4.78 is 0. The van der Waals surface area contributed by atoms with Crippen molar-refractivity contribution in [3.05, 3.63) is 138 Å². The maximum atomic E-state index is 10.2. The molecule has 4 atom stereocenters. The second-order valence-electron chi connectivity index (χ2n) is 12.0. The summed E-state index contributed by atoms with van der Waals surface area (Å²) in [6, 6.07) is 8.64. The van der Waals surface area contributed by atoms with Gasteiger partial charge in [0.1, 0.15) is 0 Å². The van der Waals surface area contributed by atoms with Crippen molar-refractivity contribution < 1.29 is 0 Å². The molecular formula is C38H45ClN6. The summed E-state index contributed by atoms with van der Waals surface area (Å²) in [7, 11) is 4.11. The molecule has 1 aromatic rings. The number of nitrogens with zero attached hydrogens (tertiary/aromatic N) is 3. The molecule has 3 N–H and O–H groups in total. The largest absolute Gasteiger partial charge is 0.385 e. The van der Waals surface area contributed by atoms with Crippen LogP contribution in [0.25, 0.3) is 0 Å². The van der Waals surface area contributed by atoms with Gasteiger partial charge in [0.2, 0.25) is 0 Å². The second kappa shape index (κ2) is 15.6. The number of hydrogen-bond acceptors (Lipinski definition) is 6. The Morgan fingerprint density at radius 2 is 2.13 bits per heavy atom. The Morgan fingerprint density at radius 1 is 1.31 bits per heavy atom. The van der Waals surface area contributed by atoms with Crippen molar-refractivity contribution in [2.24, 2.45) is 10.4 Å². The Bertz CT molecular complexity index is 1560. The quantitative estimate of drug-likeness (QED) is 0.146. The lowest BCUT2D eigenvalue weighted by atomic mass is 9.69. The summed E-state index contributed by atoms with van der Waals surface area (Å²) in [5, 5.41) is 21.4. The zero-order valence-corrected chi connectivity index (χ0v) is 27.6. The van der Waals surface area contributed by atoms with Gasteiger partial charge in [0.05, 0.1) is 28.8 Å². The summed E-state index contributed by atoms with van der Waals surface area (Å²) in [5.41, 5.74) is 5.63. The van der Waals surface area contributed by atoms with Crippen LogP contribution in [0.5, 0.6) is 0 Å². The molecule has 2 heterocycles. The number of nitriles is 1. The number of hydrogen-bond donors (Lipinski definition) is 3. The van der Waals surface area contributed by atoms with Crippen LogP contribution < -0.4 is 16.0 Å². The lowest BCUT2D eigenvalue weighted by Crippen LogP contribution is -2.47. The van der Waals surface area contributed by atoms with E-state index in [0.29, 0.717) is 16.6 Å². The molecular weight excluding hydrogens is 576 g/mol. The van der Waals surface area contributed by atoms with Gasteiger partial charge in [-0.05, 0) is 107 Å². The predicted molar refractivity (Wildman–Crippen MR) is 191 cm³/mol. The third kappa shape index (κ3) is 8.45. The van der Waals surface area contributed by atoms with Gasteiger partial charge in [0.15, 0.2) is 0 Å². The first-order valence-electron chi connectivity index (χ1n) is 15.5. The SMILES string of the molecule is C=CC[C@H](/C=C/C(=C)NC1=CC2(C)C(=NC=C(C#N)C2Nc2ccc(CCC3C=CC=CN3)c(Cl)c2)C=C1C/C=C/C)N(C)C. The van der Waals surface area contributed by atoms with Crippen LogP contribution in [0.1, 0.15) is 38.7 Å². The minimum atomic E-state index is -0.613. The Morgan fingerprint density at radius 3 is 2.80 bits per heavy atom. The van der Waals surface area contributed by atoms with Gasteiger partial charge in [-0.1, -0.05) is 60.7 Å². The van der Waals surface area contributed by atoms with Gasteiger partial charge in [-0.3, -0.25) is 4.99 Å². The molecule has 234 valence electrons. The molecule has 1 aliphatic carbocycles. The third-order valence-electron chi connectivity index (χ3n) is 8.44. The van der Waals surface area contributed by atoms with Crippen LogP contribution in [-0.4, -0.2) is 42.8 Å². The number of aryl methyl sites for hydroxylation is 1. The van der Waals surface area contributed by atoms with Gasteiger partial charge in [0.25, 0.3) is 0 Å². The van der Waals surface area contributed by atoms with E-state index in [1.807, 2.05) is 49.6 Å². The Balaban J connectivity index is 1.60. The summed E-state index contributed by atoms with van der Waals surface area (Å²) >= 11 is 6.79. The lowest BCUT2D eigenvalue weighted by molar-refractivity contribution is 0.345. The average Bonchev–Trinajstić information content (AvgIpc) is 3.02. The van der Waals surface area contributed by atoms with Crippen molar-refractivity contribution in [3.8, 4) is 6.07 Å². The summed E-state index contributed by atoms with van der Waals surface area (Å²) in [6.45, 7) is 12.3. The minimum Gasteiger partial charge on any atom is -0.385 e. The highest BCUT2D eigenvalue weighted by molar-refractivity contribution is 6.31. The standard InChI is InChI=1S/C38H45ClN6/c1-7-9-13-29-22-36-38(4,24-35(29)43-27(3)15-20-33(12-8-2)45(5)6)37(30(25-40)26-42-36)44-32-19-17-28(34(39)23-32)16-18-31-14-10-11-21-41-31/h7-11,14-15,17,19-24,26,31,33,37,41,43-44H,2-3,12-13,16,18H2,1,4-6H3/b9-7+,20-15+/t31?,33-,37?,38?/m1/s1. The van der Waals surface area contributed by atoms with Crippen molar-refractivity contribution in [2.75, 3.05) is 19.4 Å². The highest BCUT2D eigenvalue weighted by Crippen LogP contribution is 2.41. The number of anilines is 1. The zero-order chi connectivity index (χ0) is 32.4. The van der Waals surface area contributed by atoms with Crippen LogP contribution >= 0.6 is 11.6 Å². The van der Waals surface area contributed by atoms with E-state index in [2.05, 4.69) is 104 Å². The van der Waals surface area contributed by atoms with E-state index in [9.17, 15) is 5.26 Å². The van der Waals surface area contributed by atoms with E-state index in [4.69, 9.17) is 16.6 Å². The smallest absolute Gasteiger partial charge is 0.0985 e. The molecule has 0 radical (unpaired) electrons. The van der Waals surface area contributed by atoms with Crippen molar-refractivity contribution in [3.63, 3.8) is 0 Å². The molecule has 0 fully saturated rings. The molecule has 0 spiro atoms. The summed E-state index contributed by atoms with van der Waals surface area (Å²) in [4.78, 5) is 6.92. The average molecular weight is 621 g/mol. The van der Waals surface area contributed by atoms with Gasteiger partial charge in [-0.15, -0.1) is 6.58 Å². The van der Waals surface area contributed by atoms with Gasteiger partial charge in [-0.25, -0.2) is 0 Å². The van der Waals surface area contributed by atoms with Crippen LogP contribution in [0.3, 0.4) is 0 Å². The fourth-order valence-electron chi connectivity index (χ4n) is 5.72. The van der Waals surface area contributed by atoms with E-state index in [1.54, 1.807) is 6.20 Å². The van der Waals surface area contributed by atoms with Gasteiger partial charge in [0, 0.05) is 40.4 Å². The number of rotatable bonds is 14. The number of fused-ring (bicyclic) bond motifs is 1. The molecule has 2 aliphatic heterocycles. The first kappa shape index (κ1) is 33.6. The van der Waals surface area contributed by atoms with Gasteiger partial charge >= 0.3 is 0 Å². The van der Waals surface area contributed by atoms with Crippen LogP contribution in [0.2, 0.25) is 5.02 Å².